The smallest absolute Gasteiger partial charge is 0.170 e. The molecule has 0 spiro atoms. The van der Waals surface area contributed by atoms with Crippen molar-refractivity contribution in [2.75, 3.05) is 0 Å². The quantitative estimate of drug-likeness (QED) is 0.822. The van der Waals surface area contributed by atoms with Crippen molar-refractivity contribution in [1.29, 1.82) is 0 Å². The Balaban J connectivity index is 1.87. The molecule has 2 saturated heterocycles. The summed E-state index contributed by atoms with van der Waals surface area (Å²) in [6.07, 6.45) is 3.00. The van der Waals surface area contributed by atoms with Crippen molar-refractivity contribution >= 4 is 17.4 Å². The van der Waals surface area contributed by atoms with E-state index in [1.54, 1.807) is 6.07 Å². The van der Waals surface area contributed by atoms with Crippen molar-refractivity contribution < 1.29 is 9.18 Å². The maximum absolute atomic E-state index is 13.7. The first kappa shape index (κ1) is 11.2. The number of Topliss-reactive ketones (excluding diaryl/α,β-unsaturated/α-hetero) is 1. The number of hydrogen-bond donors (Lipinski definition) is 1. The largest absolute Gasteiger partial charge is 0.310 e. The topological polar surface area (TPSA) is 29.1 Å². The average Bonchev–Trinajstić information content (AvgIpc) is 2.89. The van der Waals surface area contributed by atoms with Gasteiger partial charge in [-0.05, 0) is 37.5 Å². The fourth-order valence-corrected chi connectivity index (χ4v) is 3.16. The first-order chi connectivity index (χ1) is 8.15. The predicted molar refractivity (Wildman–Crippen MR) is 63.8 cm³/mol. The number of ketones is 1. The van der Waals surface area contributed by atoms with E-state index in [9.17, 15) is 9.18 Å². The van der Waals surface area contributed by atoms with Gasteiger partial charge in [0.15, 0.2) is 5.78 Å². The standard InChI is InChI=1S/C13H13ClFNO/c14-7-1-3-9(11(15)5-7)13(17)10-6-8-2-4-12(10)16-8/h1,3,5,8,10,12,16H,2,4,6H2. The molecule has 1 aromatic rings. The molecule has 0 aromatic heterocycles. The second-order valence-electron chi connectivity index (χ2n) is 4.88. The van der Waals surface area contributed by atoms with Crippen LogP contribution in [0.1, 0.15) is 29.6 Å². The third-order valence-electron chi connectivity index (χ3n) is 3.83. The van der Waals surface area contributed by atoms with Gasteiger partial charge in [0.05, 0.1) is 5.56 Å². The minimum absolute atomic E-state index is 0.0653. The maximum Gasteiger partial charge on any atom is 0.170 e. The molecule has 2 aliphatic heterocycles. The Kier molecular flexibility index (Phi) is 2.68. The van der Waals surface area contributed by atoms with Gasteiger partial charge in [0.1, 0.15) is 5.82 Å². The summed E-state index contributed by atoms with van der Waals surface area (Å²) in [5.41, 5.74) is 0.175. The van der Waals surface area contributed by atoms with Crippen LogP contribution in [0.4, 0.5) is 4.39 Å². The van der Waals surface area contributed by atoms with Crippen LogP contribution in [0.2, 0.25) is 5.02 Å². The zero-order valence-corrected chi connectivity index (χ0v) is 10.0. The van der Waals surface area contributed by atoms with E-state index in [1.165, 1.54) is 12.1 Å². The van der Waals surface area contributed by atoms with Crippen LogP contribution >= 0.6 is 11.6 Å². The molecule has 2 heterocycles. The molecule has 4 heteroatoms. The van der Waals surface area contributed by atoms with Crippen molar-refractivity contribution in [3.63, 3.8) is 0 Å². The maximum atomic E-state index is 13.7. The Hall–Kier alpha value is -0.930. The Bertz CT molecular complexity index is 476. The molecule has 3 atom stereocenters. The van der Waals surface area contributed by atoms with Gasteiger partial charge in [-0.15, -0.1) is 0 Å². The summed E-state index contributed by atoms with van der Waals surface area (Å²) in [4.78, 5) is 12.2. The summed E-state index contributed by atoms with van der Waals surface area (Å²) in [5, 5.41) is 3.71. The molecular weight excluding hydrogens is 241 g/mol. The average molecular weight is 254 g/mol. The van der Waals surface area contributed by atoms with Crippen molar-refractivity contribution in [2.24, 2.45) is 5.92 Å². The summed E-state index contributed by atoms with van der Waals surface area (Å²) in [6.45, 7) is 0. The Morgan fingerprint density at radius 3 is 2.82 bits per heavy atom. The predicted octanol–water partition coefficient (Wildman–Crippen LogP) is 2.80. The second-order valence-corrected chi connectivity index (χ2v) is 5.31. The third kappa shape index (κ3) is 1.87. The number of benzene rings is 1. The highest BCUT2D eigenvalue weighted by Gasteiger charge is 2.43. The van der Waals surface area contributed by atoms with E-state index in [4.69, 9.17) is 11.6 Å². The fraction of sp³-hybridized carbons (Fsp3) is 0.462. The van der Waals surface area contributed by atoms with Crippen molar-refractivity contribution in [3.8, 4) is 0 Å². The number of nitrogens with one attached hydrogen (secondary N) is 1. The zero-order chi connectivity index (χ0) is 12.0. The van der Waals surface area contributed by atoms with Crippen molar-refractivity contribution in [2.45, 2.75) is 31.3 Å². The van der Waals surface area contributed by atoms with Gasteiger partial charge in [-0.2, -0.15) is 0 Å². The lowest BCUT2D eigenvalue weighted by Crippen LogP contribution is -2.29. The fourth-order valence-electron chi connectivity index (χ4n) is 3.00. The molecule has 0 amide bonds. The highest BCUT2D eigenvalue weighted by atomic mass is 35.5. The molecule has 1 N–H and O–H groups in total. The third-order valence-corrected chi connectivity index (χ3v) is 4.07. The molecule has 2 nitrogen and oxygen atoms in total. The molecule has 17 heavy (non-hydrogen) atoms. The van der Waals surface area contributed by atoms with Crippen LogP contribution in [-0.2, 0) is 0 Å². The lowest BCUT2D eigenvalue weighted by Gasteiger charge is -2.19. The van der Waals surface area contributed by atoms with E-state index >= 15 is 0 Å². The number of halogens is 2. The van der Waals surface area contributed by atoms with Crippen LogP contribution in [0, 0.1) is 11.7 Å². The lowest BCUT2D eigenvalue weighted by atomic mass is 9.83. The highest BCUT2D eigenvalue weighted by Crippen LogP contribution is 2.35. The van der Waals surface area contributed by atoms with Crippen LogP contribution in [0.3, 0.4) is 0 Å². The molecule has 0 saturated carbocycles. The second kappa shape index (κ2) is 4.07. The number of carbonyl (C=O) groups excluding carboxylic acids is 1. The van der Waals surface area contributed by atoms with E-state index in [2.05, 4.69) is 5.32 Å². The Morgan fingerprint density at radius 2 is 2.24 bits per heavy atom. The molecule has 0 aliphatic carbocycles. The number of carbonyl (C=O) groups is 1. The molecular formula is C13H13ClFNO. The molecule has 2 fully saturated rings. The van der Waals surface area contributed by atoms with Gasteiger partial charge < -0.3 is 5.32 Å². The summed E-state index contributed by atoms with van der Waals surface area (Å²) in [7, 11) is 0. The van der Waals surface area contributed by atoms with Crippen molar-refractivity contribution in [1.82, 2.24) is 5.32 Å². The molecule has 3 rings (SSSR count). The minimum atomic E-state index is -0.509. The van der Waals surface area contributed by atoms with Crippen LogP contribution in [0.15, 0.2) is 18.2 Å². The Labute approximate surface area is 104 Å². The van der Waals surface area contributed by atoms with Gasteiger partial charge in [-0.25, -0.2) is 4.39 Å². The summed E-state index contributed by atoms with van der Waals surface area (Å²) in [5.74, 6) is -0.659. The van der Waals surface area contributed by atoms with Crippen LogP contribution in [0.5, 0.6) is 0 Å². The first-order valence-electron chi connectivity index (χ1n) is 5.90. The normalized spacial score (nSPS) is 30.8. The number of rotatable bonds is 2. The summed E-state index contributed by atoms with van der Waals surface area (Å²) in [6, 6.07) is 4.95. The molecule has 0 radical (unpaired) electrons. The van der Waals surface area contributed by atoms with Crippen LogP contribution in [0.25, 0.3) is 0 Å². The lowest BCUT2D eigenvalue weighted by molar-refractivity contribution is 0.0896. The van der Waals surface area contributed by atoms with Gasteiger partial charge in [0.25, 0.3) is 0 Å². The number of fused-ring (bicyclic) bond motifs is 2. The van der Waals surface area contributed by atoms with Gasteiger partial charge in [-0.1, -0.05) is 11.6 Å². The van der Waals surface area contributed by atoms with E-state index in [1.807, 2.05) is 0 Å². The molecule has 1 aromatic carbocycles. The summed E-state index contributed by atoms with van der Waals surface area (Å²) < 4.78 is 13.7. The molecule has 90 valence electrons. The first-order valence-corrected chi connectivity index (χ1v) is 6.28. The highest BCUT2D eigenvalue weighted by molar-refractivity contribution is 6.30. The molecule has 2 bridgehead atoms. The molecule has 2 aliphatic rings. The SMILES string of the molecule is O=C(c1ccc(Cl)cc1F)C1CC2CCC1N2. The van der Waals surface area contributed by atoms with Crippen molar-refractivity contribution in [3.05, 3.63) is 34.6 Å². The van der Waals surface area contributed by atoms with E-state index in [0.29, 0.717) is 11.1 Å². The van der Waals surface area contributed by atoms with Gasteiger partial charge in [0.2, 0.25) is 0 Å². The number of hydrogen-bond acceptors (Lipinski definition) is 2. The monoisotopic (exact) mass is 253 g/mol. The van der Waals surface area contributed by atoms with Crippen LogP contribution < -0.4 is 5.32 Å². The van der Waals surface area contributed by atoms with E-state index in [-0.39, 0.29) is 23.3 Å². The van der Waals surface area contributed by atoms with Gasteiger partial charge in [0, 0.05) is 23.0 Å². The van der Waals surface area contributed by atoms with E-state index < -0.39 is 5.82 Å². The van der Waals surface area contributed by atoms with Crippen LogP contribution in [-0.4, -0.2) is 17.9 Å². The Morgan fingerprint density at radius 1 is 1.41 bits per heavy atom. The van der Waals surface area contributed by atoms with Gasteiger partial charge >= 0.3 is 0 Å². The van der Waals surface area contributed by atoms with E-state index in [0.717, 1.165) is 19.3 Å². The minimum Gasteiger partial charge on any atom is -0.310 e. The zero-order valence-electron chi connectivity index (χ0n) is 9.25. The van der Waals surface area contributed by atoms with Gasteiger partial charge in [-0.3, -0.25) is 4.79 Å². The summed E-state index contributed by atoms with van der Waals surface area (Å²) >= 11 is 5.68. The molecule has 3 unspecified atom stereocenters.